The average Bonchev–Trinajstić information content (AvgIpc) is 2.76. The number of amides is 1. The van der Waals surface area contributed by atoms with Gasteiger partial charge in [-0.2, -0.15) is 0 Å². The van der Waals surface area contributed by atoms with E-state index in [4.69, 9.17) is 4.98 Å². The van der Waals surface area contributed by atoms with Gasteiger partial charge in [0.2, 0.25) is 0 Å². The molecule has 0 spiro atoms. The number of carbonyl (C=O) groups excluding carboxylic acids is 1. The minimum atomic E-state index is -0.201. The summed E-state index contributed by atoms with van der Waals surface area (Å²) >= 11 is 0. The molecule has 0 aliphatic carbocycles. The van der Waals surface area contributed by atoms with E-state index in [1.165, 1.54) is 18.6 Å². The Labute approximate surface area is 172 Å². The Kier molecular flexibility index (Phi) is 6.19. The minimum absolute atomic E-state index is 0.0651. The molecule has 2 aliphatic heterocycles. The molecular weight excluding hydrogens is 367 g/mol. The van der Waals surface area contributed by atoms with Crippen molar-refractivity contribution in [2.24, 2.45) is 0 Å². The summed E-state index contributed by atoms with van der Waals surface area (Å²) in [4.78, 5) is 26.4. The number of carbonyl (C=O) groups is 1. The number of likely N-dealkylation sites (tertiary alicyclic amines) is 2. The zero-order valence-corrected chi connectivity index (χ0v) is 17.1. The van der Waals surface area contributed by atoms with E-state index in [9.17, 15) is 9.18 Å². The molecule has 0 N–H and O–H groups in total. The van der Waals surface area contributed by atoms with Crippen molar-refractivity contribution in [3.63, 3.8) is 0 Å². The van der Waals surface area contributed by atoms with E-state index in [1.807, 2.05) is 24.0 Å². The molecule has 2 saturated heterocycles. The molecule has 6 heteroatoms. The van der Waals surface area contributed by atoms with Crippen molar-refractivity contribution in [3.8, 4) is 0 Å². The van der Waals surface area contributed by atoms with Crippen molar-refractivity contribution in [1.29, 1.82) is 0 Å². The first kappa shape index (κ1) is 20.0. The van der Waals surface area contributed by atoms with Crippen LogP contribution in [0.3, 0.4) is 0 Å². The first-order chi connectivity index (χ1) is 14.1. The molecule has 5 nitrogen and oxygen atoms in total. The SMILES string of the molecule is Cc1nc([C@H]2CCCN(Cc3ccc(F)cc3)C2)ncc1C(=O)N1CCCCC1. The first-order valence-electron chi connectivity index (χ1n) is 10.7. The van der Waals surface area contributed by atoms with E-state index in [0.29, 0.717) is 5.56 Å². The van der Waals surface area contributed by atoms with E-state index in [0.717, 1.165) is 75.5 Å². The molecule has 3 heterocycles. The third-order valence-electron chi connectivity index (χ3n) is 6.06. The second-order valence-corrected chi connectivity index (χ2v) is 8.28. The number of benzene rings is 1. The van der Waals surface area contributed by atoms with Gasteiger partial charge in [0.05, 0.1) is 11.3 Å². The van der Waals surface area contributed by atoms with E-state index in [2.05, 4.69) is 9.88 Å². The Balaban J connectivity index is 1.42. The summed E-state index contributed by atoms with van der Waals surface area (Å²) in [6.07, 6.45) is 7.23. The van der Waals surface area contributed by atoms with Crippen LogP contribution >= 0.6 is 0 Å². The highest BCUT2D eigenvalue weighted by Gasteiger charge is 2.26. The molecule has 2 aliphatic rings. The van der Waals surface area contributed by atoms with Crippen molar-refractivity contribution in [1.82, 2.24) is 19.8 Å². The van der Waals surface area contributed by atoms with Crippen molar-refractivity contribution >= 4 is 5.91 Å². The van der Waals surface area contributed by atoms with Gasteiger partial charge in [-0.05, 0) is 63.3 Å². The zero-order valence-electron chi connectivity index (χ0n) is 17.1. The van der Waals surface area contributed by atoms with Gasteiger partial charge in [-0.25, -0.2) is 14.4 Å². The predicted octanol–water partition coefficient (Wildman–Crippen LogP) is 3.93. The van der Waals surface area contributed by atoms with Gasteiger partial charge in [-0.3, -0.25) is 9.69 Å². The number of aromatic nitrogens is 2. The van der Waals surface area contributed by atoms with Gasteiger partial charge in [0, 0.05) is 38.3 Å². The first-order valence-corrected chi connectivity index (χ1v) is 10.7. The van der Waals surface area contributed by atoms with Gasteiger partial charge in [0.1, 0.15) is 11.6 Å². The van der Waals surface area contributed by atoms with Crippen LogP contribution in [0.15, 0.2) is 30.5 Å². The second-order valence-electron chi connectivity index (χ2n) is 8.28. The summed E-state index contributed by atoms with van der Waals surface area (Å²) in [6, 6.07) is 6.73. The van der Waals surface area contributed by atoms with Gasteiger partial charge in [-0.15, -0.1) is 0 Å². The minimum Gasteiger partial charge on any atom is -0.339 e. The Morgan fingerprint density at radius 2 is 1.86 bits per heavy atom. The Morgan fingerprint density at radius 1 is 1.10 bits per heavy atom. The van der Waals surface area contributed by atoms with Crippen LogP contribution in [0.5, 0.6) is 0 Å². The predicted molar refractivity (Wildman–Crippen MR) is 110 cm³/mol. The van der Waals surface area contributed by atoms with Crippen molar-refractivity contribution in [3.05, 3.63) is 58.9 Å². The molecular formula is C23H29FN4O. The van der Waals surface area contributed by atoms with Crippen LogP contribution in [0.1, 0.15) is 65.5 Å². The molecule has 1 aromatic heterocycles. The summed E-state index contributed by atoms with van der Waals surface area (Å²) < 4.78 is 13.1. The Bertz CT molecular complexity index is 848. The number of halogens is 1. The Hall–Kier alpha value is -2.34. The molecule has 0 saturated carbocycles. The highest BCUT2D eigenvalue weighted by atomic mass is 19.1. The number of rotatable bonds is 4. The summed E-state index contributed by atoms with van der Waals surface area (Å²) in [5, 5.41) is 0. The zero-order chi connectivity index (χ0) is 20.2. The molecule has 0 unspecified atom stereocenters. The van der Waals surface area contributed by atoms with E-state index in [-0.39, 0.29) is 17.6 Å². The van der Waals surface area contributed by atoms with Crippen LogP contribution in [0.4, 0.5) is 4.39 Å². The van der Waals surface area contributed by atoms with Crippen LogP contribution in [0.2, 0.25) is 0 Å². The lowest BCUT2D eigenvalue weighted by Gasteiger charge is -2.32. The van der Waals surface area contributed by atoms with Crippen LogP contribution in [0.25, 0.3) is 0 Å². The van der Waals surface area contributed by atoms with Crippen LogP contribution < -0.4 is 0 Å². The fraction of sp³-hybridized carbons (Fsp3) is 0.522. The lowest BCUT2D eigenvalue weighted by atomic mass is 9.96. The molecule has 2 aromatic rings. The van der Waals surface area contributed by atoms with Crippen LogP contribution in [-0.2, 0) is 6.54 Å². The lowest BCUT2D eigenvalue weighted by molar-refractivity contribution is 0.0722. The van der Waals surface area contributed by atoms with Crippen molar-refractivity contribution in [2.75, 3.05) is 26.2 Å². The fourth-order valence-corrected chi connectivity index (χ4v) is 4.42. The fourth-order valence-electron chi connectivity index (χ4n) is 4.42. The Morgan fingerprint density at radius 3 is 2.59 bits per heavy atom. The molecule has 29 heavy (non-hydrogen) atoms. The summed E-state index contributed by atoms with van der Waals surface area (Å²) in [6.45, 7) is 6.30. The monoisotopic (exact) mass is 396 g/mol. The maximum Gasteiger partial charge on any atom is 0.257 e. The van der Waals surface area contributed by atoms with Crippen LogP contribution in [0, 0.1) is 12.7 Å². The third-order valence-corrected chi connectivity index (χ3v) is 6.06. The van der Waals surface area contributed by atoms with Crippen LogP contribution in [-0.4, -0.2) is 51.9 Å². The smallest absolute Gasteiger partial charge is 0.257 e. The van der Waals surface area contributed by atoms with Gasteiger partial charge < -0.3 is 4.90 Å². The maximum atomic E-state index is 13.1. The van der Waals surface area contributed by atoms with E-state index >= 15 is 0 Å². The van der Waals surface area contributed by atoms with Crippen molar-refractivity contribution in [2.45, 2.75) is 51.5 Å². The highest BCUT2D eigenvalue weighted by molar-refractivity contribution is 5.95. The van der Waals surface area contributed by atoms with E-state index < -0.39 is 0 Å². The van der Waals surface area contributed by atoms with E-state index in [1.54, 1.807) is 6.20 Å². The van der Waals surface area contributed by atoms with Gasteiger partial charge in [-0.1, -0.05) is 12.1 Å². The summed E-state index contributed by atoms with van der Waals surface area (Å²) in [7, 11) is 0. The number of piperidine rings is 2. The molecule has 154 valence electrons. The molecule has 0 radical (unpaired) electrons. The molecule has 2 fully saturated rings. The number of hydrogen-bond acceptors (Lipinski definition) is 4. The quantitative estimate of drug-likeness (QED) is 0.786. The second kappa shape index (κ2) is 8.99. The van der Waals surface area contributed by atoms with Gasteiger partial charge in [0.15, 0.2) is 0 Å². The summed E-state index contributed by atoms with van der Waals surface area (Å²) in [5.41, 5.74) is 2.53. The number of nitrogens with zero attached hydrogens (tertiary/aromatic N) is 4. The third kappa shape index (κ3) is 4.81. The maximum absolute atomic E-state index is 13.1. The largest absolute Gasteiger partial charge is 0.339 e. The molecule has 0 bridgehead atoms. The normalized spacial score (nSPS) is 20.6. The standard InChI is InChI=1S/C23H29FN4O/c1-17-21(23(29)28-12-3-2-4-13-28)14-25-22(26-17)19-6-5-11-27(16-19)15-18-7-9-20(24)10-8-18/h7-10,14,19H,2-6,11-13,15-16H2,1H3/t19-/m0/s1. The number of aryl methyl sites for hydroxylation is 1. The highest BCUT2D eigenvalue weighted by Crippen LogP contribution is 2.26. The van der Waals surface area contributed by atoms with Gasteiger partial charge in [0.25, 0.3) is 5.91 Å². The topological polar surface area (TPSA) is 49.3 Å². The number of hydrogen-bond donors (Lipinski definition) is 0. The molecule has 1 aromatic carbocycles. The lowest BCUT2D eigenvalue weighted by Crippen LogP contribution is -2.36. The average molecular weight is 397 g/mol. The van der Waals surface area contributed by atoms with Gasteiger partial charge >= 0.3 is 0 Å². The molecule has 4 rings (SSSR count). The summed E-state index contributed by atoms with van der Waals surface area (Å²) in [5.74, 6) is 0.965. The molecule has 1 atom stereocenters. The van der Waals surface area contributed by atoms with Crippen molar-refractivity contribution < 1.29 is 9.18 Å². The molecule has 1 amide bonds.